The minimum atomic E-state index is 0.788. The molecule has 1 aliphatic carbocycles. The van der Waals surface area contributed by atoms with Crippen LogP contribution in [-0.2, 0) is 4.74 Å². The van der Waals surface area contributed by atoms with E-state index in [-0.39, 0.29) is 0 Å². The Morgan fingerprint density at radius 1 is 1.21 bits per heavy atom. The first-order valence-corrected chi connectivity index (χ1v) is 6.13. The zero-order valence-electron chi connectivity index (χ0n) is 9.30. The van der Waals surface area contributed by atoms with E-state index in [1.165, 1.54) is 38.5 Å². The average Bonchev–Trinajstić information content (AvgIpc) is 2.71. The second kappa shape index (κ2) is 5.13. The lowest BCUT2D eigenvalue weighted by Crippen LogP contribution is -2.32. The van der Waals surface area contributed by atoms with Gasteiger partial charge in [-0.2, -0.15) is 0 Å². The van der Waals surface area contributed by atoms with Crippen LogP contribution in [0.15, 0.2) is 0 Å². The minimum Gasteiger partial charge on any atom is -0.381 e. The van der Waals surface area contributed by atoms with E-state index in [1.807, 2.05) is 0 Å². The Morgan fingerprint density at radius 3 is 2.86 bits per heavy atom. The maximum atomic E-state index is 5.44. The molecule has 2 aliphatic rings. The van der Waals surface area contributed by atoms with Crippen LogP contribution in [0, 0.1) is 11.8 Å². The summed E-state index contributed by atoms with van der Waals surface area (Å²) in [5, 5.41) is 3.43. The molecule has 2 rings (SSSR count). The predicted molar refractivity (Wildman–Crippen MR) is 58.3 cm³/mol. The summed E-state index contributed by atoms with van der Waals surface area (Å²) in [7, 11) is 2.10. The normalized spacial score (nSPS) is 38.8. The summed E-state index contributed by atoms with van der Waals surface area (Å²) in [6, 6.07) is 0.788. The van der Waals surface area contributed by atoms with Crippen LogP contribution in [0.2, 0.25) is 0 Å². The molecule has 1 heterocycles. The van der Waals surface area contributed by atoms with Crippen LogP contribution < -0.4 is 5.32 Å². The summed E-state index contributed by atoms with van der Waals surface area (Å²) in [6.07, 6.45) is 8.37. The smallest absolute Gasteiger partial charge is 0.0495 e. The maximum absolute atomic E-state index is 5.44. The third-order valence-corrected chi connectivity index (χ3v) is 3.88. The Kier molecular flexibility index (Phi) is 3.82. The van der Waals surface area contributed by atoms with Gasteiger partial charge in [-0.1, -0.05) is 12.8 Å². The molecule has 1 aliphatic heterocycles. The van der Waals surface area contributed by atoms with Gasteiger partial charge in [0.05, 0.1) is 0 Å². The van der Waals surface area contributed by atoms with Crippen molar-refractivity contribution in [3.05, 3.63) is 0 Å². The van der Waals surface area contributed by atoms with Crippen molar-refractivity contribution in [2.75, 3.05) is 20.3 Å². The molecule has 2 nitrogen and oxygen atoms in total. The van der Waals surface area contributed by atoms with Crippen LogP contribution in [0.5, 0.6) is 0 Å². The zero-order valence-corrected chi connectivity index (χ0v) is 9.30. The number of hydrogen-bond donors (Lipinski definition) is 1. The van der Waals surface area contributed by atoms with E-state index in [0.29, 0.717) is 0 Å². The molecular weight excluding hydrogens is 174 g/mol. The average molecular weight is 197 g/mol. The highest BCUT2D eigenvalue weighted by Crippen LogP contribution is 2.31. The quantitative estimate of drug-likeness (QED) is 0.749. The molecule has 0 amide bonds. The Bertz CT molecular complexity index is 166. The van der Waals surface area contributed by atoms with E-state index in [0.717, 1.165) is 31.1 Å². The number of rotatable bonds is 3. The van der Waals surface area contributed by atoms with E-state index in [9.17, 15) is 0 Å². The molecule has 1 saturated carbocycles. The molecule has 2 fully saturated rings. The fourth-order valence-corrected chi connectivity index (χ4v) is 3.01. The Morgan fingerprint density at radius 2 is 2.14 bits per heavy atom. The molecule has 0 aromatic carbocycles. The van der Waals surface area contributed by atoms with Crippen LogP contribution in [0.3, 0.4) is 0 Å². The molecule has 2 heteroatoms. The zero-order chi connectivity index (χ0) is 9.80. The van der Waals surface area contributed by atoms with E-state index >= 15 is 0 Å². The van der Waals surface area contributed by atoms with E-state index in [4.69, 9.17) is 4.74 Å². The molecule has 0 radical (unpaired) electrons. The molecule has 1 saturated heterocycles. The van der Waals surface area contributed by atoms with Crippen molar-refractivity contribution in [1.82, 2.24) is 5.32 Å². The number of nitrogens with one attached hydrogen (secondary N) is 1. The summed E-state index contributed by atoms with van der Waals surface area (Å²) >= 11 is 0. The lowest BCUT2D eigenvalue weighted by atomic mass is 9.80. The highest BCUT2D eigenvalue weighted by Gasteiger charge is 2.25. The molecule has 0 aromatic rings. The summed E-state index contributed by atoms with van der Waals surface area (Å²) < 4.78 is 5.44. The van der Waals surface area contributed by atoms with Gasteiger partial charge in [0.25, 0.3) is 0 Å². The first-order valence-electron chi connectivity index (χ1n) is 6.13. The molecule has 82 valence electrons. The molecule has 14 heavy (non-hydrogen) atoms. The van der Waals surface area contributed by atoms with Gasteiger partial charge in [-0.25, -0.2) is 0 Å². The van der Waals surface area contributed by atoms with Crippen LogP contribution in [-0.4, -0.2) is 26.3 Å². The van der Waals surface area contributed by atoms with Gasteiger partial charge in [-0.05, 0) is 44.6 Å². The summed E-state index contributed by atoms with van der Waals surface area (Å²) in [5.74, 6) is 1.84. The van der Waals surface area contributed by atoms with Crippen LogP contribution >= 0.6 is 0 Å². The topological polar surface area (TPSA) is 21.3 Å². The molecule has 0 bridgehead atoms. The molecule has 0 spiro atoms. The number of hydrogen-bond acceptors (Lipinski definition) is 2. The van der Waals surface area contributed by atoms with Crippen LogP contribution in [0.4, 0.5) is 0 Å². The standard InChI is InChI=1S/C12H23NO/c1-13-12-4-2-3-10(8-12)7-11-5-6-14-9-11/h10-13H,2-9H2,1H3. The van der Waals surface area contributed by atoms with Crippen molar-refractivity contribution in [2.24, 2.45) is 11.8 Å². The predicted octanol–water partition coefficient (Wildman–Crippen LogP) is 2.19. The molecule has 3 unspecified atom stereocenters. The van der Waals surface area contributed by atoms with Crippen LogP contribution in [0.25, 0.3) is 0 Å². The second-order valence-corrected chi connectivity index (χ2v) is 4.98. The van der Waals surface area contributed by atoms with Gasteiger partial charge in [0.2, 0.25) is 0 Å². The molecule has 1 N–H and O–H groups in total. The Balaban J connectivity index is 1.73. The monoisotopic (exact) mass is 197 g/mol. The van der Waals surface area contributed by atoms with Crippen molar-refractivity contribution < 1.29 is 4.74 Å². The highest BCUT2D eigenvalue weighted by molar-refractivity contribution is 4.79. The third-order valence-electron chi connectivity index (χ3n) is 3.88. The fourth-order valence-electron chi connectivity index (χ4n) is 3.01. The summed E-state index contributed by atoms with van der Waals surface area (Å²) in [6.45, 7) is 2.04. The first kappa shape index (κ1) is 10.4. The van der Waals surface area contributed by atoms with E-state index in [1.54, 1.807) is 0 Å². The minimum absolute atomic E-state index is 0.788. The summed E-state index contributed by atoms with van der Waals surface area (Å²) in [4.78, 5) is 0. The van der Waals surface area contributed by atoms with Gasteiger partial charge < -0.3 is 10.1 Å². The van der Waals surface area contributed by atoms with Crippen LogP contribution in [0.1, 0.15) is 38.5 Å². The van der Waals surface area contributed by atoms with Gasteiger partial charge in [0.15, 0.2) is 0 Å². The fraction of sp³-hybridized carbons (Fsp3) is 1.00. The SMILES string of the molecule is CNC1CCCC(CC2CCOC2)C1. The maximum Gasteiger partial charge on any atom is 0.0495 e. The van der Waals surface area contributed by atoms with E-state index < -0.39 is 0 Å². The van der Waals surface area contributed by atoms with Gasteiger partial charge in [0.1, 0.15) is 0 Å². The van der Waals surface area contributed by atoms with Crippen molar-refractivity contribution in [3.63, 3.8) is 0 Å². The van der Waals surface area contributed by atoms with Gasteiger partial charge in [-0.15, -0.1) is 0 Å². The number of ether oxygens (including phenoxy) is 1. The molecule has 0 aromatic heterocycles. The first-order chi connectivity index (χ1) is 6.88. The van der Waals surface area contributed by atoms with Crippen molar-refractivity contribution in [1.29, 1.82) is 0 Å². The van der Waals surface area contributed by atoms with Gasteiger partial charge in [-0.3, -0.25) is 0 Å². The highest BCUT2D eigenvalue weighted by atomic mass is 16.5. The molecular formula is C12H23NO. The third kappa shape index (κ3) is 2.71. The van der Waals surface area contributed by atoms with E-state index in [2.05, 4.69) is 12.4 Å². The lowest BCUT2D eigenvalue weighted by Gasteiger charge is -2.30. The Labute approximate surface area is 87.4 Å². The van der Waals surface area contributed by atoms with Crippen molar-refractivity contribution in [2.45, 2.75) is 44.6 Å². The summed E-state index contributed by atoms with van der Waals surface area (Å²) in [5.41, 5.74) is 0. The Hall–Kier alpha value is -0.0800. The largest absolute Gasteiger partial charge is 0.381 e. The lowest BCUT2D eigenvalue weighted by molar-refractivity contribution is 0.173. The molecule has 3 atom stereocenters. The van der Waals surface area contributed by atoms with Gasteiger partial charge >= 0.3 is 0 Å². The van der Waals surface area contributed by atoms with Crippen molar-refractivity contribution >= 4 is 0 Å². The van der Waals surface area contributed by atoms with Crippen molar-refractivity contribution in [3.8, 4) is 0 Å². The second-order valence-electron chi connectivity index (χ2n) is 4.98. The van der Waals surface area contributed by atoms with Gasteiger partial charge in [0, 0.05) is 19.3 Å².